The Morgan fingerprint density at radius 1 is 1.39 bits per heavy atom. The average molecular weight is 267 g/mol. The molecule has 18 heavy (non-hydrogen) atoms. The lowest BCUT2D eigenvalue weighted by Gasteiger charge is -2.16. The molecule has 2 N–H and O–H groups in total. The van der Waals surface area contributed by atoms with Crippen molar-refractivity contribution in [3.05, 3.63) is 29.5 Å². The number of nitrogens with zero attached hydrogens (tertiary/aromatic N) is 4. The van der Waals surface area contributed by atoms with Crippen molar-refractivity contribution in [3.63, 3.8) is 0 Å². The van der Waals surface area contributed by atoms with Gasteiger partial charge >= 0.3 is 0 Å². The SMILES string of the molecule is OCC1=C[C@@H](O)[C@H](n2cnc3c(Cl)ncnc32)C1. The predicted octanol–water partition coefficient (Wildman–Crippen LogP) is 0.704. The minimum Gasteiger partial charge on any atom is -0.392 e. The molecule has 0 unspecified atom stereocenters. The Balaban J connectivity index is 2.04. The molecular weight excluding hydrogens is 256 g/mol. The molecule has 2 aromatic heterocycles. The minimum absolute atomic E-state index is 0.0457. The molecule has 0 aromatic carbocycles. The molecule has 1 aliphatic rings. The van der Waals surface area contributed by atoms with Crippen molar-refractivity contribution in [2.24, 2.45) is 0 Å². The Hall–Kier alpha value is -1.50. The van der Waals surface area contributed by atoms with Gasteiger partial charge < -0.3 is 14.8 Å². The van der Waals surface area contributed by atoms with E-state index in [1.165, 1.54) is 6.33 Å². The van der Waals surface area contributed by atoms with Gasteiger partial charge in [-0.15, -0.1) is 0 Å². The van der Waals surface area contributed by atoms with Crippen LogP contribution in [-0.2, 0) is 0 Å². The van der Waals surface area contributed by atoms with Gasteiger partial charge in [-0.25, -0.2) is 15.0 Å². The topological polar surface area (TPSA) is 84.1 Å². The highest BCUT2D eigenvalue weighted by molar-refractivity contribution is 6.33. The third-order valence-corrected chi connectivity index (χ3v) is 3.42. The summed E-state index contributed by atoms with van der Waals surface area (Å²) in [6.45, 7) is -0.0457. The van der Waals surface area contributed by atoms with Gasteiger partial charge in [-0.05, 0) is 12.0 Å². The molecule has 94 valence electrons. The second kappa shape index (κ2) is 4.31. The van der Waals surface area contributed by atoms with E-state index in [2.05, 4.69) is 15.0 Å². The molecule has 0 bridgehead atoms. The second-order valence-electron chi connectivity index (χ2n) is 4.23. The van der Waals surface area contributed by atoms with Crippen LogP contribution in [0, 0.1) is 0 Å². The van der Waals surface area contributed by atoms with Crippen molar-refractivity contribution in [3.8, 4) is 0 Å². The Morgan fingerprint density at radius 2 is 2.22 bits per heavy atom. The quantitative estimate of drug-likeness (QED) is 0.618. The molecule has 7 heteroatoms. The number of hydrogen-bond donors (Lipinski definition) is 2. The number of imidazole rings is 1. The predicted molar refractivity (Wildman–Crippen MR) is 65.2 cm³/mol. The van der Waals surface area contributed by atoms with Crippen LogP contribution in [0.3, 0.4) is 0 Å². The van der Waals surface area contributed by atoms with Crippen molar-refractivity contribution in [2.75, 3.05) is 6.61 Å². The van der Waals surface area contributed by atoms with Crippen LogP contribution >= 0.6 is 11.6 Å². The first-order valence-corrected chi connectivity index (χ1v) is 5.90. The molecule has 0 spiro atoms. The summed E-state index contributed by atoms with van der Waals surface area (Å²) in [5, 5.41) is 19.4. The van der Waals surface area contributed by atoms with E-state index in [-0.39, 0.29) is 12.6 Å². The van der Waals surface area contributed by atoms with Crippen LogP contribution in [-0.4, -0.2) is 42.4 Å². The van der Waals surface area contributed by atoms with Gasteiger partial charge in [0.25, 0.3) is 0 Å². The molecule has 0 saturated heterocycles. The van der Waals surface area contributed by atoms with Gasteiger partial charge in [-0.1, -0.05) is 17.7 Å². The number of hydrogen-bond acceptors (Lipinski definition) is 5. The maximum atomic E-state index is 9.98. The van der Waals surface area contributed by atoms with E-state index >= 15 is 0 Å². The fourth-order valence-corrected chi connectivity index (χ4v) is 2.43. The minimum atomic E-state index is -0.654. The van der Waals surface area contributed by atoms with Gasteiger partial charge in [0.2, 0.25) is 0 Å². The van der Waals surface area contributed by atoms with Crippen LogP contribution in [0.5, 0.6) is 0 Å². The molecule has 2 atom stereocenters. The fraction of sp³-hybridized carbons (Fsp3) is 0.364. The molecule has 3 rings (SSSR count). The van der Waals surface area contributed by atoms with Crippen molar-refractivity contribution < 1.29 is 10.2 Å². The van der Waals surface area contributed by atoms with Crippen LogP contribution in [0.1, 0.15) is 12.5 Å². The first-order valence-electron chi connectivity index (χ1n) is 5.52. The van der Waals surface area contributed by atoms with E-state index in [4.69, 9.17) is 16.7 Å². The smallest absolute Gasteiger partial charge is 0.165 e. The summed E-state index contributed by atoms with van der Waals surface area (Å²) in [5.74, 6) is 0. The summed E-state index contributed by atoms with van der Waals surface area (Å²) in [4.78, 5) is 12.2. The summed E-state index contributed by atoms with van der Waals surface area (Å²) in [7, 11) is 0. The molecule has 0 fully saturated rings. The molecule has 0 saturated carbocycles. The third kappa shape index (κ3) is 1.69. The largest absolute Gasteiger partial charge is 0.392 e. The standard InChI is InChI=1S/C11H11ClN4O2/c12-10-9-11(14-4-13-10)16(5-15-9)7-1-6(3-17)2-8(7)18/h2,4-5,7-8,17-18H,1,3H2/t7-,8-/m1/s1. The monoisotopic (exact) mass is 266 g/mol. The normalized spacial score (nSPS) is 23.6. The summed E-state index contributed by atoms with van der Waals surface area (Å²) in [5.41, 5.74) is 1.92. The fourth-order valence-electron chi connectivity index (χ4n) is 2.26. The lowest BCUT2D eigenvalue weighted by atomic mass is 10.1. The molecule has 2 aromatic rings. The Labute approximate surface area is 108 Å². The van der Waals surface area contributed by atoms with Gasteiger partial charge in [0.05, 0.1) is 25.1 Å². The van der Waals surface area contributed by atoms with E-state index in [1.54, 1.807) is 17.0 Å². The third-order valence-electron chi connectivity index (χ3n) is 3.15. The second-order valence-corrected chi connectivity index (χ2v) is 4.59. The number of fused-ring (bicyclic) bond motifs is 1. The zero-order valence-corrected chi connectivity index (χ0v) is 10.1. The van der Waals surface area contributed by atoms with Gasteiger partial charge in [0, 0.05) is 0 Å². The van der Waals surface area contributed by atoms with Crippen LogP contribution in [0.2, 0.25) is 5.15 Å². The van der Waals surface area contributed by atoms with Gasteiger partial charge in [-0.2, -0.15) is 0 Å². The van der Waals surface area contributed by atoms with Gasteiger partial charge in [-0.3, -0.25) is 0 Å². The Bertz CT molecular complexity index is 625. The zero-order valence-electron chi connectivity index (χ0n) is 9.36. The van der Waals surface area contributed by atoms with E-state index in [0.29, 0.717) is 22.7 Å². The summed E-state index contributed by atoms with van der Waals surface area (Å²) >= 11 is 5.93. The number of aromatic nitrogens is 4. The Morgan fingerprint density at radius 3 is 2.94 bits per heavy atom. The maximum Gasteiger partial charge on any atom is 0.165 e. The summed E-state index contributed by atoms with van der Waals surface area (Å²) in [6.07, 6.45) is 4.54. The number of halogens is 1. The van der Waals surface area contributed by atoms with Crippen molar-refractivity contribution in [2.45, 2.75) is 18.6 Å². The average Bonchev–Trinajstić information content (AvgIpc) is 2.93. The maximum absolute atomic E-state index is 9.98. The molecule has 1 aliphatic carbocycles. The molecule has 0 amide bonds. The van der Waals surface area contributed by atoms with Crippen molar-refractivity contribution >= 4 is 22.8 Å². The highest BCUT2D eigenvalue weighted by Crippen LogP contribution is 2.32. The highest BCUT2D eigenvalue weighted by atomic mass is 35.5. The molecule has 6 nitrogen and oxygen atoms in total. The molecule has 2 heterocycles. The van der Waals surface area contributed by atoms with E-state index in [9.17, 15) is 5.11 Å². The molecular formula is C11H11ClN4O2. The summed E-state index contributed by atoms with van der Waals surface area (Å²) in [6, 6.07) is -0.205. The van der Waals surface area contributed by atoms with Crippen LogP contribution < -0.4 is 0 Å². The number of aliphatic hydroxyl groups is 2. The highest BCUT2D eigenvalue weighted by Gasteiger charge is 2.28. The first-order chi connectivity index (χ1) is 8.70. The molecule has 0 radical (unpaired) electrons. The number of rotatable bonds is 2. The van der Waals surface area contributed by atoms with Gasteiger partial charge in [0.15, 0.2) is 10.8 Å². The van der Waals surface area contributed by atoms with Crippen molar-refractivity contribution in [1.29, 1.82) is 0 Å². The summed E-state index contributed by atoms with van der Waals surface area (Å²) < 4.78 is 1.77. The lowest BCUT2D eigenvalue weighted by molar-refractivity contribution is 0.169. The Kier molecular flexibility index (Phi) is 2.77. The van der Waals surface area contributed by atoms with Crippen LogP contribution in [0.25, 0.3) is 11.2 Å². The van der Waals surface area contributed by atoms with Crippen LogP contribution in [0.4, 0.5) is 0 Å². The molecule has 0 aliphatic heterocycles. The van der Waals surface area contributed by atoms with Crippen LogP contribution in [0.15, 0.2) is 24.3 Å². The van der Waals surface area contributed by atoms with Gasteiger partial charge in [0.1, 0.15) is 11.8 Å². The van der Waals surface area contributed by atoms with E-state index in [1.807, 2.05) is 0 Å². The lowest BCUT2D eigenvalue weighted by Crippen LogP contribution is -2.18. The van der Waals surface area contributed by atoms with E-state index < -0.39 is 6.10 Å². The van der Waals surface area contributed by atoms with Crippen molar-refractivity contribution in [1.82, 2.24) is 19.5 Å². The first kappa shape index (κ1) is 11.6. The van der Waals surface area contributed by atoms with E-state index in [0.717, 1.165) is 5.57 Å². The zero-order chi connectivity index (χ0) is 12.7. The number of aliphatic hydroxyl groups excluding tert-OH is 2.